The molecule has 3 aliphatic rings. The summed E-state index contributed by atoms with van der Waals surface area (Å²) in [7, 11) is 1.53. The highest BCUT2D eigenvalue weighted by molar-refractivity contribution is 5.92. The molecule has 4 aromatic rings. The number of anilines is 1. The predicted octanol–water partition coefficient (Wildman–Crippen LogP) is 5.79. The minimum Gasteiger partial charge on any atom is -0.475 e. The molecule has 0 radical (unpaired) electrons. The third-order valence-electron chi connectivity index (χ3n) is 9.96. The zero-order valence-electron chi connectivity index (χ0n) is 28.0. The molecule has 2 saturated heterocycles. The molecular formula is C36H40F4N6O4. The molecule has 3 fully saturated rings. The lowest BCUT2D eigenvalue weighted by Crippen LogP contribution is -2.42. The number of methoxy groups -OCH3 is 1. The highest BCUT2D eigenvalue weighted by Crippen LogP contribution is 2.48. The Bertz CT molecular complexity index is 1870. The first-order chi connectivity index (χ1) is 24.2. The maximum Gasteiger partial charge on any atom is 0.391 e. The van der Waals surface area contributed by atoms with E-state index in [-0.39, 0.29) is 37.2 Å². The molecule has 0 unspecified atom stereocenters. The molecule has 4 heterocycles. The van der Waals surface area contributed by atoms with Crippen LogP contribution in [0.15, 0.2) is 30.6 Å². The average molecular weight is 697 g/mol. The summed E-state index contributed by atoms with van der Waals surface area (Å²) in [5.41, 5.74) is 1.71. The number of alkyl halides is 3. The molecule has 14 heteroatoms. The van der Waals surface area contributed by atoms with Crippen LogP contribution in [0.4, 0.5) is 23.5 Å². The summed E-state index contributed by atoms with van der Waals surface area (Å²) >= 11 is 0. The summed E-state index contributed by atoms with van der Waals surface area (Å²) in [5.74, 6) is 2.15. The fourth-order valence-corrected chi connectivity index (χ4v) is 7.01. The van der Waals surface area contributed by atoms with Gasteiger partial charge in [0.2, 0.25) is 11.8 Å². The van der Waals surface area contributed by atoms with Gasteiger partial charge < -0.3 is 33.3 Å². The zero-order chi connectivity index (χ0) is 34.9. The Kier molecular flexibility index (Phi) is 9.74. The van der Waals surface area contributed by atoms with Gasteiger partial charge in [-0.2, -0.15) is 23.1 Å². The predicted molar refractivity (Wildman–Crippen MR) is 179 cm³/mol. The number of ether oxygens (including phenoxy) is 4. The van der Waals surface area contributed by atoms with Crippen molar-refractivity contribution in [1.29, 1.82) is 0 Å². The van der Waals surface area contributed by atoms with E-state index < -0.39 is 17.9 Å². The maximum absolute atomic E-state index is 15.0. The largest absolute Gasteiger partial charge is 0.475 e. The van der Waals surface area contributed by atoms with Crippen molar-refractivity contribution in [3.8, 4) is 24.0 Å². The first-order valence-electron chi connectivity index (χ1n) is 17.0. The third kappa shape index (κ3) is 7.31. The number of benzene rings is 2. The smallest absolute Gasteiger partial charge is 0.391 e. The fourth-order valence-electron chi connectivity index (χ4n) is 7.01. The highest BCUT2D eigenvalue weighted by atomic mass is 19.4. The van der Waals surface area contributed by atoms with Gasteiger partial charge in [0.25, 0.3) is 0 Å². The Balaban J connectivity index is 1.20. The Morgan fingerprint density at radius 3 is 2.62 bits per heavy atom. The number of imidazole rings is 1. The number of piperidine rings is 1. The number of halogens is 4. The van der Waals surface area contributed by atoms with Crippen molar-refractivity contribution in [2.75, 3.05) is 71.3 Å². The summed E-state index contributed by atoms with van der Waals surface area (Å²) in [4.78, 5) is 18.7. The van der Waals surface area contributed by atoms with Crippen LogP contribution in [0.25, 0.3) is 21.9 Å². The molecule has 0 amide bonds. The van der Waals surface area contributed by atoms with E-state index in [0.29, 0.717) is 97.6 Å². The van der Waals surface area contributed by atoms with Crippen LogP contribution in [-0.4, -0.2) is 97.0 Å². The Hall–Kier alpha value is -4.19. The lowest BCUT2D eigenvalue weighted by Gasteiger charge is -2.35. The van der Waals surface area contributed by atoms with Crippen molar-refractivity contribution in [1.82, 2.24) is 24.4 Å². The van der Waals surface area contributed by atoms with Gasteiger partial charge in [0.05, 0.1) is 37.6 Å². The molecule has 50 heavy (non-hydrogen) atoms. The van der Waals surface area contributed by atoms with E-state index in [1.54, 1.807) is 18.5 Å². The Morgan fingerprint density at radius 1 is 1.06 bits per heavy atom. The molecule has 2 aliphatic heterocycles. The second-order valence-electron chi connectivity index (χ2n) is 13.5. The van der Waals surface area contributed by atoms with Gasteiger partial charge in [-0.25, -0.2) is 9.37 Å². The van der Waals surface area contributed by atoms with Crippen LogP contribution in [-0.2, 0) is 16.0 Å². The SMILES string of the molecule is C#Cc1c(F)ccc2cc(OCOC)cc(Cn3cnc4c(OCC5(CN6CCC(C(F)(F)F)CC6)CC5)nc(N5CCCOCC5)nc43)c12. The molecule has 1 saturated carbocycles. The standard InChI is InChI=1S/C36H40F4N6O4/c1-3-28-29(37)6-5-24-17-27(50-23-47-2)18-25(30(24)28)19-46-22-41-31-32(46)42-34(45-11-4-15-48-16-14-45)43-33(31)49-21-35(9-10-35)20-44-12-7-26(8-13-44)36(38,39)40/h1,5-6,17-18,22,26H,4,7-16,19-21,23H2,2H3. The van der Waals surface area contributed by atoms with Crippen LogP contribution < -0.4 is 14.4 Å². The van der Waals surface area contributed by atoms with Crippen molar-refractivity contribution in [3.05, 3.63) is 47.5 Å². The normalized spacial score (nSPS) is 18.7. The van der Waals surface area contributed by atoms with E-state index in [1.807, 2.05) is 10.6 Å². The minimum absolute atomic E-state index is 0.0340. The van der Waals surface area contributed by atoms with E-state index in [4.69, 9.17) is 35.3 Å². The summed E-state index contributed by atoms with van der Waals surface area (Å²) in [6.45, 7) is 4.65. The molecule has 7 rings (SSSR count). The summed E-state index contributed by atoms with van der Waals surface area (Å²) in [6, 6.07) is 6.62. The molecule has 1 aliphatic carbocycles. The molecule has 0 spiro atoms. The summed E-state index contributed by atoms with van der Waals surface area (Å²) < 4.78 is 79.6. The molecule has 10 nitrogen and oxygen atoms in total. The highest BCUT2D eigenvalue weighted by Gasteiger charge is 2.47. The quantitative estimate of drug-likeness (QED) is 0.110. The van der Waals surface area contributed by atoms with Crippen LogP contribution >= 0.6 is 0 Å². The summed E-state index contributed by atoms with van der Waals surface area (Å²) in [6.07, 6.45) is 6.22. The molecular weight excluding hydrogens is 656 g/mol. The topological polar surface area (TPSA) is 87.0 Å². The van der Waals surface area contributed by atoms with Gasteiger partial charge >= 0.3 is 6.18 Å². The number of aromatic nitrogens is 4. The Morgan fingerprint density at radius 2 is 1.88 bits per heavy atom. The monoisotopic (exact) mass is 696 g/mol. The van der Waals surface area contributed by atoms with Crippen molar-refractivity contribution in [2.24, 2.45) is 11.3 Å². The third-order valence-corrected chi connectivity index (χ3v) is 9.96. The average Bonchev–Trinajstić information content (AvgIpc) is 3.83. The van der Waals surface area contributed by atoms with E-state index in [2.05, 4.69) is 20.7 Å². The maximum atomic E-state index is 15.0. The first-order valence-corrected chi connectivity index (χ1v) is 17.0. The van der Waals surface area contributed by atoms with Gasteiger partial charge in [-0.15, -0.1) is 6.42 Å². The van der Waals surface area contributed by atoms with E-state index in [9.17, 15) is 17.6 Å². The van der Waals surface area contributed by atoms with Gasteiger partial charge in [-0.3, -0.25) is 0 Å². The second-order valence-corrected chi connectivity index (χ2v) is 13.5. The molecule has 2 aromatic carbocycles. The van der Waals surface area contributed by atoms with Gasteiger partial charge in [0.1, 0.15) is 11.6 Å². The van der Waals surface area contributed by atoms with Crippen LogP contribution in [0, 0.1) is 29.5 Å². The number of rotatable bonds is 11. The van der Waals surface area contributed by atoms with E-state index >= 15 is 0 Å². The lowest BCUT2D eigenvalue weighted by atomic mass is 9.95. The van der Waals surface area contributed by atoms with Crippen molar-refractivity contribution < 1.29 is 36.5 Å². The van der Waals surface area contributed by atoms with Crippen LogP contribution in [0.2, 0.25) is 0 Å². The number of nitrogens with zero attached hydrogens (tertiary/aromatic N) is 6. The number of hydrogen-bond acceptors (Lipinski definition) is 9. The van der Waals surface area contributed by atoms with Gasteiger partial charge in [-0.1, -0.05) is 12.0 Å². The minimum atomic E-state index is -4.14. The van der Waals surface area contributed by atoms with Crippen molar-refractivity contribution >= 4 is 27.9 Å². The number of terminal acetylenes is 1. The first kappa shape index (κ1) is 34.3. The van der Waals surface area contributed by atoms with Gasteiger partial charge in [-0.05, 0) is 74.3 Å². The second kappa shape index (κ2) is 14.2. The van der Waals surface area contributed by atoms with Crippen molar-refractivity contribution in [2.45, 2.75) is 44.8 Å². The van der Waals surface area contributed by atoms with Crippen LogP contribution in [0.3, 0.4) is 0 Å². The summed E-state index contributed by atoms with van der Waals surface area (Å²) in [5, 5.41) is 1.30. The van der Waals surface area contributed by atoms with Crippen molar-refractivity contribution in [3.63, 3.8) is 0 Å². The van der Waals surface area contributed by atoms with Gasteiger partial charge in [0, 0.05) is 44.2 Å². The van der Waals surface area contributed by atoms with Crippen LogP contribution in [0.5, 0.6) is 11.6 Å². The lowest BCUT2D eigenvalue weighted by molar-refractivity contribution is -0.185. The number of fused-ring (bicyclic) bond motifs is 2. The molecule has 0 bridgehead atoms. The molecule has 0 atom stereocenters. The molecule has 2 aromatic heterocycles. The fraction of sp³-hybridized carbons (Fsp3) is 0.528. The number of likely N-dealkylation sites (tertiary alicyclic amines) is 1. The van der Waals surface area contributed by atoms with Crippen LogP contribution in [0.1, 0.15) is 43.2 Å². The number of hydrogen-bond donors (Lipinski definition) is 0. The Labute approximate surface area is 287 Å². The molecule has 266 valence electrons. The van der Waals surface area contributed by atoms with E-state index in [1.165, 1.54) is 13.2 Å². The molecule has 0 N–H and O–H groups in total. The zero-order valence-corrected chi connectivity index (χ0v) is 28.0. The van der Waals surface area contributed by atoms with E-state index in [0.717, 1.165) is 19.3 Å². The van der Waals surface area contributed by atoms with Gasteiger partial charge in [0.15, 0.2) is 18.0 Å².